The number of hydrogen-bond acceptors (Lipinski definition) is 3. The molecule has 0 radical (unpaired) electrons. The van der Waals surface area contributed by atoms with Crippen LogP contribution in [0, 0.1) is 6.92 Å². The van der Waals surface area contributed by atoms with Gasteiger partial charge in [0, 0.05) is 28.0 Å². The third kappa shape index (κ3) is 4.44. The van der Waals surface area contributed by atoms with Crippen molar-refractivity contribution in [3.63, 3.8) is 0 Å². The zero-order chi connectivity index (χ0) is 13.7. The lowest BCUT2D eigenvalue weighted by molar-refractivity contribution is 0.501. The first-order chi connectivity index (χ1) is 9.20. The molecule has 0 amide bonds. The van der Waals surface area contributed by atoms with E-state index in [1.165, 1.54) is 22.6 Å². The van der Waals surface area contributed by atoms with Gasteiger partial charge in [-0.05, 0) is 25.5 Å². The lowest BCUT2D eigenvalue weighted by Crippen LogP contribution is -2.45. The van der Waals surface area contributed by atoms with Gasteiger partial charge in [0.05, 0.1) is 0 Å². The van der Waals surface area contributed by atoms with Gasteiger partial charge >= 0.3 is 0 Å². The average Bonchev–Trinajstić information content (AvgIpc) is 2.41. The number of aryl methyl sites for hydroxylation is 1. The first-order valence-electron chi connectivity index (χ1n) is 7.23. The average molecular weight is 296 g/mol. The first kappa shape index (κ1) is 15.3. The molecule has 0 spiro atoms. The van der Waals surface area contributed by atoms with Crippen LogP contribution >= 0.6 is 23.5 Å². The molecule has 106 valence electrons. The fourth-order valence-corrected chi connectivity index (χ4v) is 5.60. The van der Waals surface area contributed by atoms with E-state index in [0.717, 1.165) is 23.5 Å². The van der Waals surface area contributed by atoms with Crippen molar-refractivity contribution in [3.05, 3.63) is 35.4 Å². The molecule has 1 aromatic carbocycles. The van der Waals surface area contributed by atoms with Crippen LogP contribution in [0.15, 0.2) is 24.3 Å². The predicted molar refractivity (Wildman–Crippen MR) is 90.5 cm³/mol. The van der Waals surface area contributed by atoms with Gasteiger partial charge in [-0.2, -0.15) is 23.5 Å². The summed E-state index contributed by atoms with van der Waals surface area (Å²) in [5.74, 6) is 2.61. The molecule has 1 nitrogen and oxygen atoms in total. The van der Waals surface area contributed by atoms with Crippen LogP contribution < -0.4 is 5.32 Å². The van der Waals surface area contributed by atoms with Gasteiger partial charge in [0.15, 0.2) is 0 Å². The monoisotopic (exact) mass is 295 g/mol. The maximum absolute atomic E-state index is 3.71. The van der Waals surface area contributed by atoms with Gasteiger partial charge in [-0.1, -0.05) is 43.7 Å². The minimum absolute atomic E-state index is 0.598. The Morgan fingerprint density at radius 3 is 2.53 bits per heavy atom. The third-order valence-corrected chi connectivity index (χ3v) is 6.93. The van der Waals surface area contributed by atoms with Crippen LogP contribution in [-0.2, 0) is 6.42 Å². The van der Waals surface area contributed by atoms with Crippen molar-refractivity contribution in [2.75, 3.05) is 18.1 Å². The molecule has 0 bridgehead atoms. The lowest BCUT2D eigenvalue weighted by Gasteiger charge is -2.35. The summed E-state index contributed by atoms with van der Waals surface area (Å²) in [5.41, 5.74) is 2.81. The van der Waals surface area contributed by atoms with Crippen molar-refractivity contribution < 1.29 is 0 Å². The van der Waals surface area contributed by atoms with Gasteiger partial charge in [0.2, 0.25) is 0 Å². The summed E-state index contributed by atoms with van der Waals surface area (Å²) in [5, 5.41) is 5.21. The molecule has 0 aliphatic carbocycles. The largest absolute Gasteiger partial charge is 0.313 e. The second-order valence-corrected chi connectivity index (χ2v) is 8.04. The molecule has 3 atom stereocenters. The van der Waals surface area contributed by atoms with E-state index in [9.17, 15) is 0 Å². The highest BCUT2D eigenvalue weighted by Crippen LogP contribution is 2.34. The number of likely N-dealkylation sites (N-methyl/N-ethyl adjacent to an activating group) is 1. The number of benzene rings is 1. The lowest BCUT2D eigenvalue weighted by atomic mass is 10.0. The van der Waals surface area contributed by atoms with E-state index in [-0.39, 0.29) is 0 Å². The molecule has 1 heterocycles. The van der Waals surface area contributed by atoms with Crippen molar-refractivity contribution in [1.29, 1.82) is 0 Å². The Morgan fingerprint density at radius 1 is 1.21 bits per heavy atom. The molecule has 1 N–H and O–H groups in total. The van der Waals surface area contributed by atoms with Crippen molar-refractivity contribution >= 4 is 23.5 Å². The van der Waals surface area contributed by atoms with Crippen LogP contribution in [0.5, 0.6) is 0 Å². The molecule has 1 aliphatic heterocycles. The van der Waals surface area contributed by atoms with Crippen LogP contribution in [0.4, 0.5) is 0 Å². The zero-order valence-electron chi connectivity index (χ0n) is 12.2. The van der Waals surface area contributed by atoms with Gasteiger partial charge < -0.3 is 5.32 Å². The summed E-state index contributed by atoms with van der Waals surface area (Å²) >= 11 is 4.29. The summed E-state index contributed by atoms with van der Waals surface area (Å²) in [7, 11) is 0. The fourth-order valence-electron chi connectivity index (χ4n) is 2.64. The van der Waals surface area contributed by atoms with Gasteiger partial charge in [-0.15, -0.1) is 0 Å². The third-order valence-electron chi connectivity index (χ3n) is 3.68. The minimum Gasteiger partial charge on any atom is -0.313 e. The Bertz CT molecular complexity index is 377. The van der Waals surface area contributed by atoms with Gasteiger partial charge in [0.25, 0.3) is 0 Å². The van der Waals surface area contributed by atoms with Gasteiger partial charge in [-0.3, -0.25) is 0 Å². The summed E-state index contributed by atoms with van der Waals surface area (Å²) in [4.78, 5) is 0. The second-order valence-electron chi connectivity index (χ2n) is 5.27. The van der Waals surface area contributed by atoms with Crippen LogP contribution in [0.25, 0.3) is 0 Å². The highest BCUT2D eigenvalue weighted by Gasteiger charge is 2.29. The van der Waals surface area contributed by atoms with Crippen molar-refractivity contribution in [2.45, 2.75) is 43.7 Å². The van der Waals surface area contributed by atoms with E-state index >= 15 is 0 Å². The van der Waals surface area contributed by atoms with E-state index in [2.05, 4.69) is 73.9 Å². The summed E-state index contributed by atoms with van der Waals surface area (Å²) in [6, 6.07) is 9.62. The molecule has 3 unspecified atom stereocenters. The molecule has 3 heteroatoms. The molecule has 0 saturated carbocycles. The van der Waals surface area contributed by atoms with E-state index in [4.69, 9.17) is 0 Å². The molecule has 2 rings (SSSR count). The topological polar surface area (TPSA) is 12.0 Å². The maximum atomic E-state index is 3.71. The Balaban J connectivity index is 2.04. The highest BCUT2D eigenvalue weighted by molar-refractivity contribution is 8.07. The Kier molecular flexibility index (Phi) is 6.11. The molecule has 0 aromatic heterocycles. The standard InChI is InChI=1S/C16H25NS2/c1-4-17-15(16-13(3)18-9-10-19-16)11-14-7-5-12(2)6-8-14/h5-8,13,15-17H,4,9-11H2,1-3H3. The molecule has 1 saturated heterocycles. The van der Waals surface area contributed by atoms with Crippen LogP contribution in [0.3, 0.4) is 0 Å². The summed E-state index contributed by atoms with van der Waals surface area (Å²) in [6.45, 7) is 7.82. The van der Waals surface area contributed by atoms with E-state index in [1.54, 1.807) is 0 Å². The SMILES string of the molecule is CCNC(Cc1ccc(C)cc1)C1SCCSC1C. The van der Waals surface area contributed by atoms with Crippen molar-refractivity contribution in [3.8, 4) is 0 Å². The molecular formula is C16H25NS2. The number of rotatable bonds is 5. The molecule has 1 fully saturated rings. The first-order valence-corrected chi connectivity index (χ1v) is 9.32. The predicted octanol–water partition coefficient (Wildman–Crippen LogP) is 3.75. The summed E-state index contributed by atoms with van der Waals surface area (Å²) < 4.78 is 0. The molecule has 19 heavy (non-hydrogen) atoms. The van der Waals surface area contributed by atoms with Crippen molar-refractivity contribution in [2.24, 2.45) is 0 Å². The number of hydrogen-bond donors (Lipinski definition) is 1. The van der Waals surface area contributed by atoms with Crippen LogP contribution in [-0.4, -0.2) is 34.6 Å². The van der Waals surface area contributed by atoms with E-state index in [1.807, 2.05) is 0 Å². The second kappa shape index (κ2) is 7.61. The number of thioether (sulfide) groups is 2. The minimum atomic E-state index is 0.598. The zero-order valence-corrected chi connectivity index (χ0v) is 13.8. The smallest absolute Gasteiger partial charge is 0.0320 e. The van der Waals surface area contributed by atoms with Gasteiger partial charge in [-0.25, -0.2) is 0 Å². The van der Waals surface area contributed by atoms with Crippen LogP contribution in [0.1, 0.15) is 25.0 Å². The van der Waals surface area contributed by atoms with Crippen LogP contribution in [0.2, 0.25) is 0 Å². The Labute approximate surface area is 126 Å². The van der Waals surface area contributed by atoms with E-state index < -0.39 is 0 Å². The van der Waals surface area contributed by atoms with E-state index in [0.29, 0.717) is 6.04 Å². The normalized spacial score (nSPS) is 25.2. The Hall–Kier alpha value is -0.120. The highest BCUT2D eigenvalue weighted by atomic mass is 32.2. The quantitative estimate of drug-likeness (QED) is 0.888. The molecule has 1 aromatic rings. The Morgan fingerprint density at radius 2 is 1.89 bits per heavy atom. The fraction of sp³-hybridized carbons (Fsp3) is 0.625. The van der Waals surface area contributed by atoms with Gasteiger partial charge in [0.1, 0.15) is 0 Å². The maximum Gasteiger partial charge on any atom is 0.0320 e. The summed E-state index contributed by atoms with van der Waals surface area (Å²) in [6.07, 6.45) is 1.15. The molecule has 1 aliphatic rings. The number of nitrogens with one attached hydrogen (secondary N) is 1. The van der Waals surface area contributed by atoms with Crippen molar-refractivity contribution in [1.82, 2.24) is 5.32 Å². The molecular weight excluding hydrogens is 270 g/mol.